The van der Waals surface area contributed by atoms with Gasteiger partial charge in [0.2, 0.25) is 5.91 Å². The minimum atomic E-state index is -1.11. The van der Waals surface area contributed by atoms with Gasteiger partial charge in [-0.2, -0.15) is 0 Å². The van der Waals surface area contributed by atoms with Gasteiger partial charge < -0.3 is 20.1 Å². The van der Waals surface area contributed by atoms with Crippen LogP contribution in [0.1, 0.15) is 18.4 Å². The average molecular weight is 396 g/mol. The summed E-state index contributed by atoms with van der Waals surface area (Å²) in [6.07, 6.45) is 1.37. The standard InChI is InChI=1S/C22H24N2O5/c25-20(15-29-17-10-5-2-6-11-17)24-13-7-12-19(24)21(26)23-18(22(27)28)14-16-8-3-1-4-9-16/h1-6,8-11,18-19H,7,12-15H2,(H,23,26)(H,27,28)/t18-,19+/m0/s1. The quantitative estimate of drug-likeness (QED) is 0.710. The molecular formula is C22H24N2O5. The Balaban J connectivity index is 1.59. The van der Waals surface area contributed by atoms with Gasteiger partial charge in [0.05, 0.1) is 0 Å². The van der Waals surface area contributed by atoms with Crippen molar-refractivity contribution in [1.82, 2.24) is 10.2 Å². The minimum absolute atomic E-state index is 0.167. The molecule has 2 aromatic carbocycles. The highest BCUT2D eigenvalue weighted by atomic mass is 16.5. The van der Waals surface area contributed by atoms with E-state index in [0.717, 1.165) is 5.56 Å². The number of carboxylic acids is 1. The van der Waals surface area contributed by atoms with Gasteiger partial charge in [-0.3, -0.25) is 9.59 Å². The van der Waals surface area contributed by atoms with E-state index < -0.39 is 24.0 Å². The Bertz CT molecular complexity index is 841. The van der Waals surface area contributed by atoms with Gasteiger partial charge >= 0.3 is 5.97 Å². The van der Waals surface area contributed by atoms with Crippen molar-refractivity contribution in [2.45, 2.75) is 31.3 Å². The molecule has 2 amide bonds. The molecule has 1 aliphatic heterocycles. The van der Waals surface area contributed by atoms with Gasteiger partial charge in [0.1, 0.15) is 17.8 Å². The Morgan fingerprint density at radius 3 is 2.38 bits per heavy atom. The number of para-hydroxylation sites is 1. The highest BCUT2D eigenvalue weighted by Gasteiger charge is 2.36. The summed E-state index contributed by atoms with van der Waals surface area (Å²) in [6.45, 7) is 0.283. The van der Waals surface area contributed by atoms with E-state index >= 15 is 0 Å². The van der Waals surface area contributed by atoms with Gasteiger partial charge in [0.25, 0.3) is 5.91 Å². The molecule has 0 radical (unpaired) electrons. The largest absolute Gasteiger partial charge is 0.484 e. The highest BCUT2D eigenvalue weighted by Crippen LogP contribution is 2.19. The third kappa shape index (κ3) is 5.57. The maximum absolute atomic E-state index is 12.7. The van der Waals surface area contributed by atoms with E-state index in [9.17, 15) is 19.5 Å². The first kappa shape index (κ1) is 20.4. The molecule has 152 valence electrons. The number of rotatable bonds is 8. The van der Waals surface area contributed by atoms with Crippen LogP contribution in [0.25, 0.3) is 0 Å². The number of carbonyl (C=O) groups excluding carboxylic acids is 2. The minimum Gasteiger partial charge on any atom is -0.484 e. The molecule has 0 saturated carbocycles. The lowest BCUT2D eigenvalue weighted by atomic mass is 10.1. The fourth-order valence-corrected chi connectivity index (χ4v) is 3.40. The van der Waals surface area contributed by atoms with Crippen molar-refractivity contribution < 1.29 is 24.2 Å². The van der Waals surface area contributed by atoms with E-state index in [4.69, 9.17) is 4.74 Å². The van der Waals surface area contributed by atoms with Crippen LogP contribution in [0.4, 0.5) is 0 Å². The molecule has 7 heteroatoms. The first-order valence-corrected chi connectivity index (χ1v) is 9.59. The van der Waals surface area contributed by atoms with Crippen molar-refractivity contribution in [2.75, 3.05) is 13.2 Å². The first-order valence-electron chi connectivity index (χ1n) is 9.59. The van der Waals surface area contributed by atoms with Crippen LogP contribution in [0.15, 0.2) is 60.7 Å². The predicted octanol–water partition coefficient (Wildman–Crippen LogP) is 1.87. The fourth-order valence-electron chi connectivity index (χ4n) is 3.40. The molecule has 0 unspecified atom stereocenters. The molecule has 3 rings (SSSR count). The normalized spacial score (nSPS) is 16.8. The number of nitrogens with zero attached hydrogens (tertiary/aromatic N) is 1. The molecular weight excluding hydrogens is 372 g/mol. The second kappa shape index (κ2) is 9.73. The lowest BCUT2D eigenvalue weighted by Crippen LogP contribution is -2.52. The van der Waals surface area contributed by atoms with Crippen LogP contribution in [0.2, 0.25) is 0 Å². The zero-order valence-electron chi connectivity index (χ0n) is 16.0. The lowest BCUT2D eigenvalue weighted by molar-refractivity contribution is -0.144. The Hall–Kier alpha value is -3.35. The first-order chi connectivity index (χ1) is 14.0. The number of carboxylic acid groups (broad SMARTS) is 1. The van der Waals surface area contributed by atoms with Crippen LogP contribution < -0.4 is 10.1 Å². The predicted molar refractivity (Wildman–Crippen MR) is 106 cm³/mol. The van der Waals surface area contributed by atoms with Crippen LogP contribution in [-0.4, -0.2) is 53.0 Å². The number of aliphatic carboxylic acids is 1. The summed E-state index contributed by atoms with van der Waals surface area (Å²) in [4.78, 5) is 38.4. The van der Waals surface area contributed by atoms with E-state index in [2.05, 4.69) is 5.32 Å². The van der Waals surface area contributed by atoms with Gasteiger partial charge in [-0.25, -0.2) is 4.79 Å². The molecule has 1 saturated heterocycles. The second-order valence-electron chi connectivity index (χ2n) is 6.94. The smallest absolute Gasteiger partial charge is 0.326 e. The Labute approximate surface area is 169 Å². The summed E-state index contributed by atoms with van der Waals surface area (Å²) in [7, 11) is 0. The molecule has 1 aliphatic rings. The zero-order valence-corrected chi connectivity index (χ0v) is 16.0. The molecule has 2 aromatic rings. The summed E-state index contributed by atoms with van der Waals surface area (Å²) >= 11 is 0. The number of amides is 2. The number of hydrogen-bond acceptors (Lipinski definition) is 4. The number of carbonyl (C=O) groups is 3. The van der Waals surface area contributed by atoms with Crippen molar-refractivity contribution in [3.05, 3.63) is 66.2 Å². The monoisotopic (exact) mass is 396 g/mol. The molecule has 29 heavy (non-hydrogen) atoms. The van der Waals surface area contributed by atoms with Crippen LogP contribution in [-0.2, 0) is 20.8 Å². The molecule has 0 aliphatic carbocycles. The van der Waals surface area contributed by atoms with Crippen molar-refractivity contribution in [3.63, 3.8) is 0 Å². The van der Waals surface area contributed by atoms with Crippen LogP contribution >= 0.6 is 0 Å². The Morgan fingerprint density at radius 1 is 1.07 bits per heavy atom. The van der Waals surface area contributed by atoms with Crippen LogP contribution in [0.3, 0.4) is 0 Å². The molecule has 1 fully saturated rings. The number of hydrogen-bond donors (Lipinski definition) is 2. The number of likely N-dealkylation sites (tertiary alicyclic amines) is 1. The average Bonchev–Trinajstić information content (AvgIpc) is 3.23. The van der Waals surface area contributed by atoms with E-state index in [1.165, 1.54) is 4.90 Å². The highest BCUT2D eigenvalue weighted by molar-refractivity contribution is 5.91. The zero-order chi connectivity index (χ0) is 20.6. The van der Waals surface area contributed by atoms with Gasteiger partial charge in [-0.05, 0) is 30.5 Å². The molecule has 1 heterocycles. The molecule has 0 aromatic heterocycles. The molecule has 2 N–H and O–H groups in total. The summed E-state index contributed by atoms with van der Waals surface area (Å²) in [5.74, 6) is -1.26. The Kier molecular flexibility index (Phi) is 6.84. The number of ether oxygens (including phenoxy) is 1. The summed E-state index contributed by atoms with van der Waals surface area (Å²) in [5, 5.41) is 12.1. The maximum atomic E-state index is 12.7. The summed E-state index contributed by atoms with van der Waals surface area (Å²) in [5.41, 5.74) is 0.816. The summed E-state index contributed by atoms with van der Waals surface area (Å²) in [6, 6.07) is 16.4. The van der Waals surface area contributed by atoms with Crippen molar-refractivity contribution in [3.8, 4) is 5.75 Å². The maximum Gasteiger partial charge on any atom is 0.326 e. The van der Waals surface area contributed by atoms with Gasteiger partial charge in [0, 0.05) is 13.0 Å². The van der Waals surface area contributed by atoms with Crippen molar-refractivity contribution >= 4 is 17.8 Å². The van der Waals surface area contributed by atoms with E-state index in [-0.39, 0.29) is 18.9 Å². The third-order valence-electron chi connectivity index (χ3n) is 4.88. The van der Waals surface area contributed by atoms with Crippen LogP contribution in [0.5, 0.6) is 5.75 Å². The SMILES string of the molecule is O=C(O)[C@H](Cc1ccccc1)NC(=O)[C@H]1CCCN1C(=O)COc1ccccc1. The number of benzene rings is 2. The topological polar surface area (TPSA) is 95.9 Å². The number of nitrogens with one attached hydrogen (secondary N) is 1. The van der Waals surface area contributed by atoms with Gasteiger partial charge in [-0.15, -0.1) is 0 Å². The van der Waals surface area contributed by atoms with Crippen LogP contribution in [0, 0.1) is 0 Å². The van der Waals surface area contributed by atoms with E-state index in [1.54, 1.807) is 12.1 Å². The van der Waals surface area contributed by atoms with Crippen molar-refractivity contribution in [1.29, 1.82) is 0 Å². The summed E-state index contributed by atoms with van der Waals surface area (Å²) < 4.78 is 5.49. The Morgan fingerprint density at radius 2 is 1.72 bits per heavy atom. The van der Waals surface area contributed by atoms with Gasteiger partial charge in [0.15, 0.2) is 6.61 Å². The molecule has 7 nitrogen and oxygen atoms in total. The lowest BCUT2D eigenvalue weighted by Gasteiger charge is -2.25. The van der Waals surface area contributed by atoms with Gasteiger partial charge in [-0.1, -0.05) is 48.5 Å². The molecule has 0 bridgehead atoms. The molecule has 0 spiro atoms. The van der Waals surface area contributed by atoms with E-state index in [0.29, 0.717) is 25.1 Å². The fraction of sp³-hybridized carbons (Fsp3) is 0.318. The van der Waals surface area contributed by atoms with Crippen molar-refractivity contribution in [2.24, 2.45) is 0 Å². The van der Waals surface area contributed by atoms with E-state index in [1.807, 2.05) is 48.5 Å². The second-order valence-corrected chi connectivity index (χ2v) is 6.94. The molecule has 2 atom stereocenters. The third-order valence-corrected chi connectivity index (χ3v) is 4.88.